The summed E-state index contributed by atoms with van der Waals surface area (Å²) in [5.74, 6) is 0.638. The first-order chi connectivity index (χ1) is 12.6. The van der Waals surface area contributed by atoms with E-state index in [4.69, 9.17) is 4.74 Å². The van der Waals surface area contributed by atoms with Crippen molar-refractivity contribution in [2.45, 2.75) is 40.0 Å². The Kier molecular flexibility index (Phi) is 5.82. The number of carbonyl (C=O) groups excluding carboxylic acids is 1. The van der Waals surface area contributed by atoms with Gasteiger partial charge >= 0.3 is 0 Å². The Labute approximate surface area is 156 Å². The summed E-state index contributed by atoms with van der Waals surface area (Å²) in [6.07, 6.45) is 3.47. The molecule has 0 atom stereocenters. The second-order valence-electron chi connectivity index (χ2n) is 6.79. The number of amides is 1. The van der Waals surface area contributed by atoms with Gasteiger partial charge < -0.3 is 15.0 Å². The predicted octanol–water partition coefficient (Wildman–Crippen LogP) is 4.35. The number of anilines is 2. The summed E-state index contributed by atoms with van der Waals surface area (Å²) >= 11 is 0. The van der Waals surface area contributed by atoms with Gasteiger partial charge in [-0.15, -0.1) is 0 Å². The van der Waals surface area contributed by atoms with Crippen LogP contribution in [0.4, 0.5) is 11.4 Å². The Balaban J connectivity index is 1.58. The molecule has 138 valence electrons. The molecule has 1 aliphatic rings. The number of carbonyl (C=O) groups is 1. The lowest BCUT2D eigenvalue weighted by Gasteiger charge is -2.22. The Morgan fingerprint density at radius 1 is 1.08 bits per heavy atom. The molecule has 0 aromatic heterocycles. The van der Waals surface area contributed by atoms with Crippen molar-refractivity contribution in [1.29, 1.82) is 0 Å². The van der Waals surface area contributed by atoms with Gasteiger partial charge in [0, 0.05) is 24.5 Å². The molecule has 0 saturated carbocycles. The van der Waals surface area contributed by atoms with E-state index in [1.165, 1.54) is 23.2 Å². The zero-order valence-corrected chi connectivity index (χ0v) is 16.0. The molecule has 0 radical (unpaired) electrons. The molecule has 0 heterocycles. The summed E-state index contributed by atoms with van der Waals surface area (Å²) in [5.41, 5.74) is 5.83. The fourth-order valence-electron chi connectivity index (χ4n) is 3.55. The normalized spacial score (nSPS) is 12.6. The van der Waals surface area contributed by atoms with Crippen molar-refractivity contribution in [3.63, 3.8) is 0 Å². The minimum Gasteiger partial charge on any atom is -0.484 e. The monoisotopic (exact) mass is 352 g/mol. The van der Waals surface area contributed by atoms with Gasteiger partial charge in [-0.2, -0.15) is 0 Å². The van der Waals surface area contributed by atoms with Crippen LogP contribution in [0.25, 0.3) is 0 Å². The molecule has 1 amide bonds. The van der Waals surface area contributed by atoms with Crippen molar-refractivity contribution >= 4 is 17.3 Å². The number of aryl methyl sites for hydroxylation is 3. The van der Waals surface area contributed by atoms with Gasteiger partial charge in [0.2, 0.25) is 0 Å². The number of nitrogens with one attached hydrogen (secondary N) is 1. The largest absolute Gasteiger partial charge is 0.484 e. The quantitative estimate of drug-likeness (QED) is 0.805. The summed E-state index contributed by atoms with van der Waals surface area (Å²) in [5, 5.41) is 2.95. The van der Waals surface area contributed by atoms with E-state index < -0.39 is 0 Å². The minimum absolute atomic E-state index is 0.0238. The fraction of sp³-hybridized carbons (Fsp3) is 0.409. The van der Waals surface area contributed by atoms with Crippen LogP contribution in [0.2, 0.25) is 0 Å². The van der Waals surface area contributed by atoms with Gasteiger partial charge in [0.05, 0.1) is 0 Å². The second kappa shape index (κ2) is 8.26. The Hall–Kier alpha value is -2.49. The van der Waals surface area contributed by atoms with E-state index in [1.807, 2.05) is 19.1 Å². The van der Waals surface area contributed by atoms with Gasteiger partial charge in [-0.25, -0.2) is 0 Å². The standard InChI is InChI=1S/C22H28N2O2/c1-4-24(5-2)19-10-12-21(16(3)13-19)23-22(25)15-26-20-11-9-17-7-6-8-18(17)14-20/h9-14H,4-8,15H2,1-3H3,(H,23,25). The Bertz CT molecular complexity index is 782. The van der Waals surface area contributed by atoms with Crippen LogP contribution in [-0.4, -0.2) is 25.6 Å². The molecule has 26 heavy (non-hydrogen) atoms. The number of fused-ring (bicyclic) bond motifs is 1. The fourth-order valence-corrected chi connectivity index (χ4v) is 3.55. The van der Waals surface area contributed by atoms with Crippen molar-refractivity contribution in [2.24, 2.45) is 0 Å². The number of ether oxygens (including phenoxy) is 1. The van der Waals surface area contributed by atoms with Crippen molar-refractivity contribution in [2.75, 3.05) is 29.9 Å². The van der Waals surface area contributed by atoms with Gasteiger partial charge in [0.1, 0.15) is 5.75 Å². The van der Waals surface area contributed by atoms with Gasteiger partial charge in [-0.1, -0.05) is 6.07 Å². The van der Waals surface area contributed by atoms with Crippen molar-refractivity contribution in [3.05, 3.63) is 53.1 Å². The molecule has 0 aliphatic heterocycles. The van der Waals surface area contributed by atoms with Crippen LogP contribution in [0.5, 0.6) is 5.75 Å². The topological polar surface area (TPSA) is 41.6 Å². The first-order valence-electron chi connectivity index (χ1n) is 9.50. The van der Waals surface area contributed by atoms with E-state index in [9.17, 15) is 4.79 Å². The van der Waals surface area contributed by atoms with Gasteiger partial charge in [-0.05, 0) is 87.1 Å². The lowest BCUT2D eigenvalue weighted by Crippen LogP contribution is -2.23. The average Bonchev–Trinajstić information content (AvgIpc) is 3.11. The smallest absolute Gasteiger partial charge is 0.262 e. The molecule has 1 aliphatic carbocycles. The predicted molar refractivity (Wildman–Crippen MR) is 107 cm³/mol. The molecule has 0 spiro atoms. The molecule has 0 saturated heterocycles. The molecule has 3 rings (SSSR count). The third-order valence-electron chi connectivity index (χ3n) is 5.05. The van der Waals surface area contributed by atoms with Gasteiger partial charge in [-0.3, -0.25) is 4.79 Å². The molecule has 0 unspecified atom stereocenters. The highest BCUT2D eigenvalue weighted by molar-refractivity contribution is 5.92. The number of nitrogens with zero attached hydrogens (tertiary/aromatic N) is 1. The maximum absolute atomic E-state index is 12.3. The third kappa shape index (κ3) is 4.18. The van der Waals surface area contributed by atoms with Crippen LogP contribution in [-0.2, 0) is 17.6 Å². The van der Waals surface area contributed by atoms with Crippen molar-refractivity contribution < 1.29 is 9.53 Å². The molecule has 4 nitrogen and oxygen atoms in total. The highest BCUT2D eigenvalue weighted by atomic mass is 16.5. The van der Waals surface area contributed by atoms with E-state index in [-0.39, 0.29) is 12.5 Å². The number of benzene rings is 2. The molecular weight excluding hydrogens is 324 g/mol. The molecule has 0 fully saturated rings. The lowest BCUT2D eigenvalue weighted by atomic mass is 10.1. The van der Waals surface area contributed by atoms with Crippen LogP contribution in [0.3, 0.4) is 0 Å². The molecule has 0 bridgehead atoms. The number of hydrogen-bond acceptors (Lipinski definition) is 3. The maximum Gasteiger partial charge on any atom is 0.262 e. The molecule has 2 aromatic carbocycles. The van der Waals surface area contributed by atoms with Gasteiger partial charge in [0.15, 0.2) is 6.61 Å². The van der Waals surface area contributed by atoms with Crippen LogP contribution >= 0.6 is 0 Å². The SMILES string of the molecule is CCN(CC)c1ccc(NC(=O)COc2ccc3c(c2)CCC3)c(C)c1. The summed E-state index contributed by atoms with van der Waals surface area (Å²) in [4.78, 5) is 14.5. The number of hydrogen-bond donors (Lipinski definition) is 1. The Morgan fingerprint density at radius 3 is 2.58 bits per heavy atom. The van der Waals surface area contributed by atoms with Crippen LogP contribution in [0.1, 0.15) is 37.0 Å². The summed E-state index contributed by atoms with van der Waals surface area (Å²) < 4.78 is 5.68. The van der Waals surface area contributed by atoms with Crippen molar-refractivity contribution in [3.8, 4) is 5.75 Å². The maximum atomic E-state index is 12.3. The van der Waals surface area contributed by atoms with Crippen LogP contribution in [0, 0.1) is 6.92 Å². The van der Waals surface area contributed by atoms with E-state index in [0.717, 1.165) is 42.9 Å². The Morgan fingerprint density at radius 2 is 1.85 bits per heavy atom. The third-order valence-corrected chi connectivity index (χ3v) is 5.05. The summed E-state index contributed by atoms with van der Waals surface area (Å²) in [7, 11) is 0. The first-order valence-corrected chi connectivity index (χ1v) is 9.50. The van der Waals surface area contributed by atoms with E-state index >= 15 is 0 Å². The summed E-state index contributed by atoms with van der Waals surface area (Å²) in [6, 6.07) is 12.3. The van der Waals surface area contributed by atoms with Crippen molar-refractivity contribution in [1.82, 2.24) is 0 Å². The lowest BCUT2D eigenvalue weighted by molar-refractivity contribution is -0.118. The molecular formula is C22H28N2O2. The average molecular weight is 352 g/mol. The minimum atomic E-state index is -0.135. The molecule has 2 aromatic rings. The molecule has 1 N–H and O–H groups in total. The number of rotatable bonds is 7. The zero-order valence-electron chi connectivity index (χ0n) is 16.0. The first kappa shape index (κ1) is 18.3. The highest BCUT2D eigenvalue weighted by Gasteiger charge is 2.12. The summed E-state index contributed by atoms with van der Waals surface area (Å²) in [6.45, 7) is 8.27. The second-order valence-corrected chi connectivity index (χ2v) is 6.79. The van der Waals surface area contributed by atoms with Gasteiger partial charge in [0.25, 0.3) is 5.91 Å². The van der Waals surface area contributed by atoms with Crippen LogP contribution < -0.4 is 15.0 Å². The highest BCUT2D eigenvalue weighted by Crippen LogP contribution is 2.26. The zero-order chi connectivity index (χ0) is 18.5. The van der Waals surface area contributed by atoms with E-state index in [1.54, 1.807) is 0 Å². The van der Waals surface area contributed by atoms with E-state index in [0.29, 0.717) is 0 Å². The van der Waals surface area contributed by atoms with Crippen LogP contribution in [0.15, 0.2) is 36.4 Å². The van der Waals surface area contributed by atoms with E-state index in [2.05, 4.69) is 48.3 Å². The molecule has 4 heteroatoms.